The molecule has 118 valence electrons. The van der Waals surface area contributed by atoms with Crippen LogP contribution in [0.4, 0.5) is 0 Å². The third-order valence-corrected chi connectivity index (χ3v) is 6.36. The average Bonchev–Trinajstić information content (AvgIpc) is 2.48. The minimum absolute atomic E-state index is 0.803. The molecule has 1 nitrogen and oxygen atoms in total. The van der Waals surface area contributed by atoms with Crippen molar-refractivity contribution >= 4 is 0 Å². The van der Waals surface area contributed by atoms with Crippen LogP contribution in [-0.4, -0.2) is 24.0 Å². The molecule has 20 heavy (non-hydrogen) atoms. The van der Waals surface area contributed by atoms with Gasteiger partial charge in [-0.2, -0.15) is 0 Å². The summed E-state index contributed by atoms with van der Waals surface area (Å²) in [6.45, 7) is 12.3. The highest BCUT2D eigenvalue weighted by molar-refractivity contribution is 4.80. The van der Waals surface area contributed by atoms with Gasteiger partial charge in [0.05, 0.1) is 0 Å². The fourth-order valence-electron chi connectivity index (χ4n) is 4.45. The van der Waals surface area contributed by atoms with Gasteiger partial charge < -0.3 is 4.90 Å². The van der Waals surface area contributed by atoms with Crippen molar-refractivity contribution in [1.29, 1.82) is 0 Å². The molecule has 0 aromatic rings. The molecule has 1 heteroatoms. The van der Waals surface area contributed by atoms with Gasteiger partial charge in [-0.1, -0.05) is 33.6 Å². The lowest BCUT2D eigenvalue weighted by Gasteiger charge is -2.38. The molecule has 0 amide bonds. The van der Waals surface area contributed by atoms with Crippen molar-refractivity contribution in [1.82, 2.24) is 4.90 Å². The lowest BCUT2D eigenvalue weighted by atomic mass is 9.73. The Labute approximate surface area is 127 Å². The van der Waals surface area contributed by atoms with Gasteiger partial charge in [-0.15, -0.1) is 0 Å². The van der Waals surface area contributed by atoms with Gasteiger partial charge in [0, 0.05) is 6.04 Å². The van der Waals surface area contributed by atoms with E-state index in [0.717, 1.165) is 29.7 Å². The van der Waals surface area contributed by atoms with Gasteiger partial charge in [-0.05, 0) is 82.2 Å². The van der Waals surface area contributed by atoms with Crippen LogP contribution in [0.5, 0.6) is 0 Å². The highest BCUT2D eigenvalue weighted by Crippen LogP contribution is 2.38. The summed E-state index contributed by atoms with van der Waals surface area (Å²) in [4.78, 5) is 2.71. The van der Waals surface area contributed by atoms with Crippen LogP contribution in [0.25, 0.3) is 0 Å². The third-order valence-electron chi connectivity index (χ3n) is 6.36. The molecule has 1 saturated carbocycles. The second-order valence-corrected chi connectivity index (χ2v) is 8.00. The highest BCUT2D eigenvalue weighted by atomic mass is 15.2. The van der Waals surface area contributed by atoms with Crippen molar-refractivity contribution in [3.63, 3.8) is 0 Å². The standard InChI is InChI=1S/C19H37N/c1-5-16(4)20-12-10-18(11-13-20)14-17-6-8-19(9-7-17)15(2)3/h15-19H,5-14H2,1-4H3. The topological polar surface area (TPSA) is 3.24 Å². The van der Waals surface area contributed by atoms with Crippen molar-refractivity contribution < 1.29 is 0 Å². The molecule has 0 spiro atoms. The molecule has 0 aromatic heterocycles. The minimum atomic E-state index is 0.803. The Morgan fingerprint density at radius 2 is 1.40 bits per heavy atom. The van der Waals surface area contributed by atoms with E-state index in [0.29, 0.717) is 0 Å². The Morgan fingerprint density at radius 3 is 1.90 bits per heavy atom. The largest absolute Gasteiger partial charge is 0.301 e. The van der Waals surface area contributed by atoms with E-state index in [-0.39, 0.29) is 0 Å². The molecule has 0 N–H and O–H groups in total. The summed E-state index contributed by atoms with van der Waals surface area (Å²) in [6.07, 6.45) is 11.8. The first kappa shape index (κ1) is 16.3. The number of rotatable bonds is 5. The Bertz CT molecular complexity index is 257. The maximum Gasteiger partial charge on any atom is 0.00643 e. The summed E-state index contributed by atoms with van der Waals surface area (Å²) < 4.78 is 0. The number of nitrogens with zero attached hydrogens (tertiary/aromatic N) is 1. The molecule has 1 aliphatic heterocycles. The van der Waals surface area contributed by atoms with Gasteiger partial charge in [0.1, 0.15) is 0 Å². The van der Waals surface area contributed by atoms with E-state index in [4.69, 9.17) is 0 Å². The molecule has 0 radical (unpaired) electrons. The molecule has 2 fully saturated rings. The summed E-state index contributed by atoms with van der Waals surface area (Å²) in [7, 11) is 0. The predicted octanol–water partition coefficient (Wildman–Crippen LogP) is 5.35. The second-order valence-electron chi connectivity index (χ2n) is 8.00. The fourth-order valence-corrected chi connectivity index (χ4v) is 4.45. The van der Waals surface area contributed by atoms with Gasteiger partial charge >= 0.3 is 0 Å². The molecule has 2 aliphatic rings. The first-order valence-electron chi connectivity index (χ1n) is 9.34. The molecular weight excluding hydrogens is 242 g/mol. The summed E-state index contributed by atoms with van der Waals surface area (Å²) in [6, 6.07) is 0.803. The zero-order valence-corrected chi connectivity index (χ0v) is 14.4. The molecule has 0 bridgehead atoms. The van der Waals surface area contributed by atoms with Crippen molar-refractivity contribution in [2.45, 2.75) is 85.1 Å². The first-order chi connectivity index (χ1) is 9.60. The lowest BCUT2D eigenvalue weighted by molar-refractivity contribution is 0.116. The van der Waals surface area contributed by atoms with Crippen LogP contribution >= 0.6 is 0 Å². The molecule has 0 aromatic carbocycles. The zero-order chi connectivity index (χ0) is 14.5. The Balaban J connectivity index is 1.66. The van der Waals surface area contributed by atoms with E-state index in [1.807, 2.05) is 0 Å². The van der Waals surface area contributed by atoms with E-state index in [1.54, 1.807) is 6.42 Å². The summed E-state index contributed by atoms with van der Waals surface area (Å²) in [5.74, 6) is 4.04. The van der Waals surface area contributed by atoms with E-state index < -0.39 is 0 Å². The quantitative estimate of drug-likeness (QED) is 0.655. The maximum atomic E-state index is 2.71. The van der Waals surface area contributed by atoms with Crippen molar-refractivity contribution in [3.05, 3.63) is 0 Å². The Morgan fingerprint density at radius 1 is 0.850 bits per heavy atom. The maximum absolute atomic E-state index is 2.71. The van der Waals surface area contributed by atoms with Gasteiger partial charge in [0.2, 0.25) is 0 Å². The van der Waals surface area contributed by atoms with E-state index in [1.165, 1.54) is 58.0 Å². The predicted molar refractivity (Wildman–Crippen MR) is 89.0 cm³/mol. The van der Waals surface area contributed by atoms with Crippen molar-refractivity contribution in [3.8, 4) is 0 Å². The normalized spacial score (nSPS) is 31.6. The molecule has 1 atom stereocenters. The zero-order valence-electron chi connectivity index (χ0n) is 14.4. The average molecular weight is 280 g/mol. The summed E-state index contributed by atoms with van der Waals surface area (Å²) in [5.41, 5.74) is 0. The van der Waals surface area contributed by atoms with Crippen LogP contribution in [0.15, 0.2) is 0 Å². The molecule has 2 rings (SSSR count). The SMILES string of the molecule is CCC(C)N1CCC(CC2CCC(C(C)C)CC2)CC1. The second kappa shape index (κ2) is 7.82. The van der Waals surface area contributed by atoms with E-state index >= 15 is 0 Å². The van der Waals surface area contributed by atoms with Crippen LogP contribution in [0.2, 0.25) is 0 Å². The van der Waals surface area contributed by atoms with Crippen LogP contribution in [0.3, 0.4) is 0 Å². The summed E-state index contributed by atoms with van der Waals surface area (Å²) in [5, 5.41) is 0. The smallest absolute Gasteiger partial charge is 0.00643 e. The molecule has 1 aliphatic carbocycles. The number of likely N-dealkylation sites (tertiary alicyclic amines) is 1. The Hall–Kier alpha value is -0.0400. The van der Waals surface area contributed by atoms with Gasteiger partial charge in [0.25, 0.3) is 0 Å². The number of hydrogen-bond donors (Lipinski definition) is 0. The number of hydrogen-bond acceptors (Lipinski definition) is 1. The molecular formula is C19H37N. The van der Waals surface area contributed by atoms with Crippen LogP contribution in [0, 0.1) is 23.7 Å². The molecule has 1 heterocycles. The van der Waals surface area contributed by atoms with E-state index in [9.17, 15) is 0 Å². The fraction of sp³-hybridized carbons (Fsp3) is 1.00. The van der Waals surface area contributed by atoms with Crippen LogP contribution < -0.4 is 0 Å². The monoisotopic (exact) mass is 279 g/mol. The molecule has 1 unspecified atom stereocenters. The van der Waals surface area contributed by atoms with Gasteiger partial charge in [0.15, 0.2) is 0 Å². The Kier molecular flexibility index (Phi) is 6.39. The van der Waals surface area contributed by atoms with Gasteiger partial charge in [-0.25, -0.2) is 0 Å². The minimum Gasteiger partial charge on any atom is -0.301 e. The number of piperidine rings is 1. The third kappa shape index (κ3) is 4.48. The van der Waals surface area contributed by atoms with Crippen LogP contribution in [-0.2, 0) is 0 Å². The summed E-state index contributed by atoms with van der Waals surface area (Å²) >= 11 is 0. The molecule has 1 saturated heterocycles. The van der Waals surface area contributed by atoms with Crippen LogP contribution in [0.1, 0.15) is 79.1 Å². The first-order valence-corrected chi connectivity index (χ1v) is 9.34. The lowest BCUT2D eigenvalue weighted by Crippen LogP contribution is -2.40. The van der Waals surface area contributed by atoms with Crippen molar-refractivity contribution in [2.24, 2.45) is 23.7 Å². The van der Waals surface area contributed by atoms with E-state index in [2.05, 4.69) is 32.6 Å². The van der Waals surface area contributed by atoms with Gasteiger partial charge in [-0.3, -0.25) is 0 Å². The van der Waals surface area contributed by atoms with Crippen molar-refractivity contribution in [2.75, 3.05) is 13.1 Å². The highest BCUT2D eigenvalue weighted by Gasteiger charge is 2.27.